The smallest absolute Gasteiger partial charge is 0.216 e. The first-order valence-electron chi connectivity index (χ1n) is 6.35. The summed E-state index contributed by atoms with van der Waals surface area (Å²) < 4.78 is 0. The van der Waals surface area contributed by atoms with E-state index < -0.39 is 0 Å². The van der Waals surface area contributed by atoms with Crippen LogP contribution in [0.1, 0.15) is 18.9 Å². The molecule has 3 N–H and O–H groups in total. The average molecular weight is 254 g/mol. The number of nitrogens with two attached hydrogens (primary N) is 1. The number of carbonyl (C=O) groups excluding carboxylic acids is 1. The molecule has 0 saturated heterocycles. The topological polar surface area (TPSA) is 55.1 Å². The second-order valence-electron chi connectivity index (χ2n) is 4.54. The molecule has 0 fully saturated rings. The minimum Gasteiger partial charge on any atom is -0.399 e. The zero-order valence-electron chi connectivity index (χ0n) is 11.0. The van der Waals surface area contributed by atoms with E-state index in [0.717, 1.165) is 23.1 Å². The largest absolute Gasteiger partial charge is 0.399 e. The third-order valence-electron chi connectivity index (χ3n) is 2.88. The molecule has 0 saturated carbocycles. The fourth-order valence-electron chi connectivity index (χ4n) is 1.94. The van der Waals surface area contributed by atoms with Crippen LogP contribution in [-0.2, 0) is 4.79 Å². The Bertz CT molecular complexity index is 617. The van der Waals surface area contributed by atoms with Crippen LogP contribution in [0.4, 0.5) is 5.69 Å². The van der Waals surface area contributed by atoms with Crippen LogP contribution in [0, 0.1) is 0 Å². The van der Waals surface area contributed by atoms with Crippen LogP contribution in [0.5, 0.6) is 0 Å². The Labute approximate surface area is 113 Å². The highest BCUT2D eigenvalue weighted by molar-refractivity contribution is 5.87. The van der Waals surface area contributed by atoms with Gasteiger partial charge < -0.3 is 11.1 Å². The van der Waals surface area contributed by atoms with Crippen LogP contribution in [0.2, 0.25) is 0 Å². The Hall–Kier alpha value is -2.29. The molecular weight excluding hydrogens is 236 g/mol. The molecule has 19 heavy (non-hydrogen) atoms. The first kappa shape index (κ1) is 13.1. The van der Waals surface area contributed by atoms with Crippen LogP contribution < -0.4 is 11.1 Å². The van der Waals surface area contributed by atoms with Crippen molar-refractivity contribution in [1.29, 1.82) is 0 Å². The number of hydrogen-bond acceptors (Lipinski definition) is 2. The van der Waals surface area contributed by atoms with Crippen LogP contribution in [0.25, 0.3) is 16.8 Å². The van der Waals surface area contributed by atoms with Crippen LogP contribution in [0.15, 0.2) is 42.5 Å². The Balaban J connectivity index is 2.03. The molecule has 98 valence electrons. The van der Waals surface area contributed by atoms with Gasteiger partial charge in [-0.3, -0.25) is 4.79 Å². The van der Waals surface area contributed by atoms with E-state index in [1.807, 2.05) is 18.2 Å². The SMILES string of the molecule is CC(=O)NCCC=Cc1ccc2cc(N)ccc2c1. The van der Waals surface area contributed by atoms with Gasteiger partial charge >= 0.3 is 0 Å². The van der Waals surface area contributed by atoms with Crippen LogP contribution in [0.3, 0.4) is 0 Å². The summed E-state index contributed by atoms with van der Waals surface area (Å²) in [6.45, 7) is 2.20. The highest BCUT2D eigenvalue weighted by Gasteiger charge is 1.95. The summed E-state index contributed by atoms with van der Waals surface area (Å²) in [5, 5.41) is 5.09. The van der Waals surface area contributed by atoms with Gasteiger partial charge in [-0.05, 0) is 41.0 Å². The maximum atomic E-state index is 10.7. The number of amides is 1. The van der Waals surface area contributed by atoms with Crippen molar-refractivity contribution >= 4 is 28.4 Å². The highest BCUT2D eigenvalue weighted by Crippen LogP contribution is 2.19. The number of benzene rings is 2. The zero-order valence-corrected chi connectivity index (χ0v) is 11.0. The van der Waals surface area contributed by atoms with Crippen LogP contribution >= 0.6 is 0 Å². The quantitative estimate of drug-likeness (QED) is 0.651. The van der Waals surface area contributed by atoms with Crippen molar-refractivity contribution in [2.24, 2.45) is 0 Å². The Morgan fingerprint density at radius 2 is 1.95 bits per heavy atom. The third kappa shape index (κ3) is 3.85. The van der Waals surface area contributed by atoms with Crippen molar-refractivity contribution in [3.05, 3.63) is 48.0 Å². The van der Waals surface area contributed by atoms with E-state index in [4.69, 9.17) is 5.73 Å². The van der Waals surface area contributed by atoms with Gasteiger partial charge in [0.2, 0.25) is 5.91 Å². The van der Waals surface area contributed by atoms with E-state index >= 15 is 0 Å². The number of fused-ring (bicyclic) bond motifs is 1. The maximum Gasteiger partial charge on any atom is 0.216 e. The van der Waals surface area contributed by atoms with Gasteiger partial charge in [0.15, 0.2) is 0 Å². The van der Waals surface area contributed by atoms with E-state index in [9.17, 15) is 4.79 Å². The Morgan fingerprint density at radius 3 is 2.74 bits per heavy atom. The second-order valence-corrected chi connectivity index (χ2v) is 4.54. The number of anilines is 1. The molecule has 1 amide bonds. The lowest BCUT2D eigenvalue weighted by Gasteiger charge is -2.01. The minimum absolute atomic E-state index is 0.0108. The lowest BCUT2D eigenvalue weighted by molar-refractivity contribution is -0.118. The van der Waals surface area contributed by atoms with E-state index in [2.05, 4.69) is 35.7 Å². The summed E-state index contributed by atoms with van der Waals surface area (Å²) in [7, 11) is 0. The van der Waals surface area contributed by atoms with Crippen molar-refractivity contribution in [3.8, 4) is 0 Å². The first-order valence-corrected chi connectivity index (χ1v) is 6.35. The van der Waals surface area contributed by atoms with Gasteiger partial charge in [-0.1, -0.05) is 30.4 Å². The number of nitrogens with one attached hydrogen (secondary N) is 1. The first-order chi connectivity index (χ1) is 9.15. The van der Waals surface area contributed by atoms with Gasteiger partial charge in [-0.15, -0.1) is 0 Å². The lowest BCUT2D eigenvalue weighted by atomic mass is 10.1. The summed E-state index contributed by atoms with van der Waals surface area (Å²) in [6.07, 6.45) is 4.96. The Morgan fingerprint density at radius 1 is 1.21 bits per heavy atom. The molecule has 0 radical (unpaired) electrons. The summed E-state index contributed by atoms with van der Waals surface area (Å²) in [4.78, 5) is 10.7. The molecule has 0 aromatic heterocycles. The predicted octanol–water partition coefficient (Wildman–Crippen LogP) is 2.96. The molecule has 0 aliphatic rings. The summed E-state index contributed by atoms with van der Waals surface area (Å²) >= 11 is 0. The van der Waals surface area contributed by atoms with E-state index in [0.29, 0.717) is 6.54 Å². The summed E-state index contributed by atoms with van der Waals surface area (Å²) in [5.74, 6) is 0.0108. The fraction of sp³-hybridized carbons (Fsp3) is 0.188. The molecule has 0 unspecified atom stereocenters. The normalized spacial score (nSPS) is 11.0. The number of nitrogen functional groups attached to an aromatic ring is 1. The molecule has 0 spiro atoms. The number of carbonyl (C=O) groups is 1. The predicted molar refractivity (Wildman–Crippen MR) is 80.7 cm³/mol. The highest BCUT2D eigenvalue weighted by atomic mass is 16.1. The van der Waals surface area contributed by atoms with Crippen molar-refractivity contribution in [2.75, 3.05) is 12.3 Å². The van der Waals surface area contributed by atoms with Gasteiger partial charge in [0.05, 0.1) is 0 Å². The van der Waals surface area contributed by atoms with E-state index in [1.165, 1.54) is 12.3 Å². The van der Waals surface area contributed by atoms with Gasteiger partial charge in [0.25, 0.3) is 0 Å². The maximum absolute atomic E-state index is 10.7. The van der Waals surface area contributed by atoms with Crippen molar-refractivity contribution in [3.63, 3.8) is 0 Å². The molecule has 0 aliphatic heterocycles. The lowest BCUT2D eigenvalue weighted by Crippen LogP contribution is -2.20. The van der Waals surface area contributed by atoms with Crippen LogP contribution in [-0.4, -0.2) is 12.5 Å². The Kier molecular flexibility index (Phi) is 4.18. The average Bonchev–Trinajstić information content (AvgIpc) is 2.38. The van der Waals surface area contributed by atoms with E-state index in [1.54, 1.807) is 0 Å². The van der Waals surface area contributed by atoms with Gasteiger partial charge in [0, 0.05) is 19.2 Å². The van der Waals surface area contributed by atoms with Gasteiger partial charge in [-0.25, -0.2) is 0 Å². The zero-order chi connectivity index (χ0) is 13.7. The van der Waals surface area contributed by atoms with E-state index in [-0.39, 0.29) is 5.91 Å². The van der Waals surface area contributed by atoms with Crippen molar-refractivity contribution in [1.82, 2.24) is 5.32 Å². The second kappa shape index (κ2) is 6.05. The van der Waals surface area contributed by atoms with Crippen molar-refractivity contribution in [2.45, 2.75) is 13.3 Å². The molecule has 0 atom stereocenters. The molecule has 2 rings (SSSR count). The third-order valence-corrected chi connectivity index (χ3v) is 2.88. The van der Waals surface area contributed by atoms with Crippen molar-refractivity contribution < 1.29 is 4.79 Å². The molecule has 3 nitrogen and oxygen atoms in total. The number of rotatable bonds is 4. The molecule has 3 heteroatoms. The summed E-state index contributed by atoms with van der Waals surface area (Å²) in [6, 6.07) is 12.2. The summed E-state index contributed by atoms with van der Waals surface area (Å²) in [5.41, 5.74) is 7.69. The monoisotopic (exact) mass is 254 g/mol. The molecule has 0 heterocycles. The van der Waals surface area contributed by atoms with Gasteiger partial charge in [0.1, 0.15) is 0 Å². The standard InChI is InChI=1S/C16H18N2O/c1-12(19)18-9-3-2-4-13-5-6-15-11-16(17)8-7-14(15)10-13/h2,4-8,10-11H,3,9,17H2,1H3,(H,18,19). The molecule has 0 aliphatic carbocycles. The molecule has 2 aromatic carbocycles. The minimum atomic E-state index is 0.0108. The molecule has 2 aromatic rings. The molecular formula is C16H18N2O. The molecule has 0 bridgehead atoms. The number of hydrogen-bond donors (Lipinski definition) is 2. The van der Waals surface area contributed by atoms with Gasteiger partial charge in [-0.2, -0.15) is 0 Å². The fourth-order valence-corrected chi connectivity index (χ4v) is 1.94.